The third-order valence-corrected chi connectivity index (χ3v) is 2.47. The number of pyridine rings is 1. The Balaban J connectivity index is 2.99. The first-order valence-electron chi connectivity index (χ1n) is 3.97. The molecule has 3 heteroatoms. The summed E-state index contributed by atoms with van der Waals surface area (Å²) in [5.74, 6) is 1.23. The molecule has 0 amide bonds. The Bertz CT molecular complexity index is 390. The van der Waals surface area contributed by atoms with E-state index in [1.54, 1.807) is 0 Å². The van der Waals surface area contributed by atoms with Gasteiger partial charge in [0.15, 0.2) is 11.0 Å². The molecule has 2 aromatic rings. The molecule has 3 nitrogen and oxygen atoms in total. The van der Waals surface area contributed by atoms with Gasteiger partial charge in [0.2, 0.25) is 0 Å². The fraction of sp³-hybridized carbons (Fsp3) is 0.333. The van der Waals surface area contributed by atoms with Crippen LogP contribution in [0, 0.1) is 6.92 Å². The molecule has 0 aliphatic carbocycles. The third kappa shape index (κ3) is 0.763. The standard InChI is InChI=1S/C9H12N3/c1-7-11(2)8-4-5-10-6-9(8)12(7)3/h4-6H,1-3H3/q+1. The zero-order valence-electron chi connectivity index (χ0n) is 7.57. The molecule has 0 aliphatic rings. The minimum Gasteiger partial charge on any atom is -0.260 e. The van der Waals surface area contributed by atoms with Crippen molar-refractivity contribution in [2.45, 2.75) is 6.92 Å². The highest BCUT2D eigenvalue weighted by atomic mass is 15.1. The fourth-order valence-corrected chi connectivity index (χ4v) is 1.49. The van der Waals surface area contributed by atoms with E-state index >= 15 is 0 Å². The first-order chi connectivity index (χ1) is 5.72. The number of hydrogen-bond acceptors (Lipinski definition) is 1. The van der Waals surface area contributed by atoms with Crippen LogP contribution in [0.5, 0.6) is 0 Å². The highest BCUT2D eigenvalue weighted by Crippen LogP contribution is 2.08. The molecule has 2 rings (SSSR count). The Morgan fingerprint density at radius 1 is 1.50 bits per heavy atom. The Kier molecular flexibility index (Phi) is 1.40. The van der Waals surface area contributed by atoms with Crippen LogP contribution < -0.4 is 4.57 Å². The number of fused-ring (bicyclic) bond motifs is 1. The number of imidazole rings is 1. The molecule has 0 spiro atoms. The summed E-state index contributed by atoms with van der Waals surface area (Å²) in [4.78, 5) is 4.09. The third-order valence-electron chi connectivity index (χ3n) is 2.47. The molecule has 12 heavy (non-hydrogen) atoms. The normalized spacial score (nSPS) is 10.9. The number of hydrogen-bond donors (Lipinski definition) is 0. The predicted molar refractivity (Wildman–Crippen MR) is 46.6 cm³/mol. The summed E-state index contributed by atoms with van der Waals surface area (Å²) < 4.78 is 4.30. The van der Waals surface area contributed by atoms with Crippen LogP contribution in [0.3, 0.4) is 0 Å². The maximum atomic E-state index is 4.09. The van der Waals surface area contributed by atoms with Crippen molar-refractivity contribution in [1.82, 2.24) is 9.55 Å². The smallest absolute Gasteiger partial charge is 0.253 e. The van der Waals surface area contributed by atoms with Gasteiger partial charge in [-0.15, -0.1) is 0 Å². The van der Waals surface area contributed by atoms with Crippen LogP contribution in [0.4, 0.5) is 0 Å². The van der Waals surface area contributed by atoms with E-state index in [2.05, 4.69) is 35.1 Å². The number of rotatable bonds is 0. The Morgan fingerprint density at radius 2 is 2.25 bits per heavy atom. The van der Waals surface area contributed by atoms with Crippen LogP contribution in [0.1, 0.15) is 5.82 Å². The first-order valence-corrected chi connectivity index (χ1v) is 3.97. The zero-order chi connectivity index (χ0) is 8.72. The van der Waals surface area contributed by atoms with E-state index in [-0.39, 0.29) is 0 Å². The summed E-state index contributed by atoms with van der Waals surface area (Å²) in [6, 6.07) is 2.03. The van der Waals surface area contributed by atoms with Crippen LogP contribution in [0.15, 0.2) is 18.5 Å². The van der Waals surface area contributed by atoms with Gasteiger partial charge in [0.05, 0.1) is 20.3 Å². The van der Waals surface area contributed by atoms with Gasteiger partial charge in [-0.25, -0.2) is 9.13 Å². The quantitative estimate of drug-likeness (QED) is 0.523. The molecular formula is C9H12N3+. The lowest BCUT2D eigenvalue weighted by molar-refractivity contribution is -0.652. The fourth-order valence-electron chi connectivity index (χ4n) is 1.49. The second-order valence-electron chi connectivity index (χ2n) is 3.03. The van der Waals surface area contributed by atoms with Gasteiger partial charge >= 0.3 is 0 Å². The summed E-state index contributed by atoms with van der Waals surface area (Å²) in [6.07, 6.45) is 3.71. The zero-order valence-corrected chi connectivity index (χ0v) is 7.57. The van der Waals surface area contributed by atoms with Crippen LogP contribution in [0.25, 0.3) is 11.0 Å². The predicted octanol–water partition coefficient (Wildman–Crippen LogP) is 0.706. The van der Waals surface area contributed by atoms with Crippen LogP contribution in [0.2, 0.25) is 0 Å². The molecule has 2 heterocycles. The molecule has 2 aromatic heterocycles. The van der Waals surface area contributed by atoms with E-state index < -0.39 is 0 Å². The molecular weight excluding hydrogens is 150 g/mol. The number of aromatic nitrogens is 3. The molecule has 0 atom stereocenters. The van der Waals surface area contributed by atoms with Crippen LogP contribution >= 0.6 is 0 Å². The molecule has 62 valence electrons. The number of aryl methyl sites for hydroxylation is 2. The average molecular weight is 162 g/mol. The Morgan fingerprint density at radius 3 is 2.92 bits per heavy atom. The SMILES string of the molecule is Cc1n(C)c2cnccc2[n+]1C. The highest BCUT2D eigenvalue weighted by molar-refractivity contribution is 5.70. The average Bonchev–Trinajstić information content (AvgIpc) is 2.33. The lowest BCUT2D eigenvalue weighted by Crippen LogP contribution is -2.30. The van der Waals surface area contributed by atoms with Crippen molar-refractivity contribution in [1.29, 1.82) is 0 Å². The lowest BCUT2D eigenvalue weighted by atomic mass is 10.4. The molecule has 0 saturated heterocycles. The van der Waals surface area contributed by atoms with Crippen molar-refractivity contribution in [3.63, 3.8) is 0 Å². The Labute approximate surface area is 71.3 Å². The molecule has 0 bridgehead atoms. The molecule has 0 radical (unpaired) electrons. The van der Waals surface area contributed by atoms with Crippen molar-refractivity contribution >= 4 is 11.0 Å². The molecule has 0 N–H and O–H groups in total. The minimum atomic E-state index is 1.18. The van der Waals surface area contributed by atoms with Gasteiger partial charge in [0.1, 0.15) is 0 Å². The number of nitrogens with zero attached hydrogens (tertiary/aromatic N) is 3. The van der Waals surface area contributed by atoms with Gasteiger partial charge < -0.3 is 0 Å². The van der Waals surface area contributed by atoms with E-state index in [1.807, 2.05) is 18.5 Å². The van der Waals surface area contributed by atoms with E-state index in [0.717, 1.165) is 0 Å². The summed E-state index contributed by atoms with van der Waals surface area (Å²) in [5, 5.41) is 0. The molecule has 0 unspecified atom stereocenters. The molecule has 0 saturated carbocycles. The first kappa shape index (κ1) is 7.28. The van der Waals surface area contributed by atoms with Crippen molar-refractivity contribution in [3.8, 4) is 0 Å². The Hall–Kier alpha value is -1.38. The van der Waals surface area contributed by atoms with E-state index in [1.165, 1.54) is 16.9 Å². The van der Waals surface area contributed by atoms with Gasteiger partial charge in [0, 0.05) is 19.2 Å². The molecule has 0 fully saturated rings. The summed E-state index contributed by atoms with van der Waals surface area (Å²) in [5.41, 5.74) is 2.41. The highest BCUT2D eigenvalue weighted by Gasteiger charge is 2.14. The maximum absolute atomic E-state index is 4.09. The van der Waals surface area contributed by atoms with E-state index in [4.69, 9.17) is 0 Å². The second kappa shape index (κ2) is 2.30. The van der Waals surface area contributed by atoms with Crippen molar-refractivity contribution in [2.24, 2.45) is 14.1 Å². The maximum Gasteiger partial charge on any atom is 0.253 e. The van der Waals surface area contributed by atoms with E-state index in [0.29, 0.717) is 0 Å². The monoisotopic (exact) mass is 162 g/mol. The van der Waals surface area contributed by atoms with Crippen LogP contribution in [-0.4, -0.2) is 9.55 Å². The van der Waals surface area contributed by atoms with Gasteiger partial charge in [-0.3, -0.25) is 4.98 Å². The van der Waals surface area contributed by atoms with E-state index in [9.17, 15) is 0 Å². The van der Waals surface area contributed by atoms with Crippen molar-refractivity contribution in [2.75, 3.05) is 0 Å². The second-order valence-corrected chi connectivity index (χ2v) is 3.03. The van der Waals surface area contributed by atoms with Crippen LogP contribution in [-0.2, 0) is 14.1 Å². The summed E-state index contributed by atoms with van der Waals surface area (Å²) in [7, 11) is 4.12. The van der Waals surface area contributed by atoms with Crippen molar-refractivity contribution < 1.29 is 4.57 Å². The molecule has 0 aromatic carbocycles. The largest absolute Gasteiger partial charge is 0.260 e. The summed E-state index contributed by atoms with van der Waals surface area (Å²) >= 11 is 0. The minimum absolute atomic E-state index is 1.18. The topological polar surface area (TPSA) is 21.7 Å². The van der Waals surface area contributed by atoms with Gasteiger partial charge in [-0.2, -0.15) is 0 Å². The van der Waals surface area contributed by atoms with Gasteiger partial charge in [-0.1, -0.05) is 0 Å². The lowest BCUT2D eigenvalue weighted by Gasteiger charge is -1.86. The van der Waals surface area contributed by atoms with Gasteiger partial charge in [-0.05, 0) is 0 Å². The van der Waals surface area contributed by atoms with Crippen molar-refractivity contribution in [3.05, 3.63) is 24.3 Å². The summed E-state index contributed by atoms with van der Waals surface area (Å²) in [6.45, 7) is 2.10. The molecule has 0 aliphatic heterocycles. The van der Waals surface area contributed by atoms with Gasteiger partial charge in [0.25, 0.3) is 5.82 Å².